The molecule has 3 fully saturated rings. The van der Waals surface area contributed by atoms with Crippen molar-refractivity contribution in [1.82, 2.24) is 25.2 Å². The second-order valence-electron chi connectivity index (χ2n) is 13.5. The highest BCUT2D eigenvalue weighted by Crippen LogP contribution is 2.45. The number of nitrogens with one attached hydrogen (secondary N) is 1. The highest BCUT2D eigenvalue weighted by molar-refractivity contribution is 7.13. The molecule has 3 N–H and O–H groups in total. The molecular formula is C35H41N5O9S. The summed E-state index contributed by atoms with van der Waals surface area (Å²) in [4.78, 5) is 65.1. The molecule has 0 radical (unpaired) electrons. The van der Waals surface area contributed by atoms with Gasteiger partial charge in [-0.15, -0.1) is 17.9 Å². The fourth-order valence-corrected chi connectivity index (χ4v) is 7.49. The third-order valence-corrected chi connectivity index (χ3v) is 10.5. The van der Waals surface area contributed by atoms with Gasteiger partial charge >= 0.3 is 12.1 Å². The Morgan fingerprint density at radius 3 is 2.44 bits per heavy atom. The number of carboxylic acid groups (broad SMARTS) is 1. The molecule has 2 aliphatic carbocycles. The average molecular weight is 708 g/mol. The van der Waals surface area contributed by atoms with E-state index >= 15 is 0 Å². The number of para-hydroxylation sites is 2. The number of rotatable bonds is 13. The van der Waals surface area contributed by atoms with E-state index in [1.165, 1.54) is 22.3 Å². The Balaban J connectivity index is 1.27. The number of hydroxylamine groups is 2. The zero-order valence-corrected chi connectivity index (χ0v) is 28.9. The van der Waals surface area contributed by atoms with E-state index in [1.54, 1.807) is 27.0 Å². The highest BCUT2D eigenvalue weighted by Gasteiger charge is 2.61. The molecule has 1 aromatic carbocycles. The van der Waals surface area contributed by atoms with Crippen molar-refractivity contribution in [3.05, 3.63) is 54.4 Å². The number of methoxy groups -OCH3 is 1. The first-order chi connectivity index (χ1) is 23.9. The van der Waals surface area contributed by atoms with Crippen LogP contribution in [0.15, 0.2) is 54.4 Å². The predicted molar refractivity (Wildman–Crippen MR) is 181 cm³/mol. The van der Waals surface area contributed by atoms with Crippen LogP contribution in [0.1, 0.15) is 39.5 Å². The van der Waals surface area contributed by atoms with Gasteiger partial charge in [0.25, 0.3) is 0 Å². The summed E-state index contributed by atoms with van der Waals surface area (Å²) < 4.78 is 17.1. The highest BCUT2D eigenvalue weighted by atomic mass is 32.1. The third-order valence-electron chi connectivity index (χ3n) is 9.64. The number of carbonyl (C=O) groups excluding carboxylic acids is 3. The van der Waals surface area contributed by atoms with Crippen LogP contribution in [0.2, 0.25) is 0 Å². The number of hydrogen-bond acceptors (Lipinski definition) is 11. The maximum atomic E-state index is 14.3. The average Bonchev–Trinajstić information content (AvgIpc) is 3.36. The Hall–Kier alpha value is -4.60. The lowest BCUT2D eigenvalue weighted by Crippen LogP contribution is -2.58. The number of aromatic nitrogens is 2. The van der Waals surface area contributed by atoms with Crippen LogP contribution in [-0.2, 0) is 23.9 Å². The van der Waals surface area contributed by atoms with E-state index in [2.05, 4.69) is 11.9 Å². The molecule has 2 unspecified atom stereocenters. The molecule has 1 saturated heterocycles. The van der Waals surface area contributed by atoms with Gasteiger partial charge in [0, 0.05) is 26.1 Å². The van der Waals surface area contributed by atoms with Crippen molar-refractivity contribution in [1.29, 1.82) is 0 Å². The van der Waals surface area contributed by atoms with Crippen molar-refractivity contribution in [2.24, 2.45) is 17.8 Å². The summed E-state index contributed by atoms with van der Waals surface area (Å²) in [5.41, 5.74) is 0.199. The fourth-order valence-electron chi connectivity index (χ4n) is 6.79. The number of benzene rings is 1. The van der Waals surface area contributed by atoms with Crippen molar-refractivity contribution in [2.45, 2.75) is 69.4 Å². The molecule has 14 nitrogen and oxygen atoms in total. The summed E-state index contributed by atoms with van der Waals surface area (Å²) >= 11 is 1.45. The zero-order chi connectivity index (χ0) is 35.7. The second kappa shape index (κ2) is 14.3. The van der Waals surface area contributed by atoms with E-state index in [0.29, 0.717) is 36.2 Å². The SMILES string of the molecule is C=C[C@@H]1CC1(NC(=O)[C@@H]1C[C@@H](Oc2nc3ccccc3nc2-c2cccs2)CN1C(=O)C(C(C)C)N(O)C(=O)OC1CC(COC)C1)C(=O)O. The molecule has 50 heavy (non-hydrogen) atoms. The summed E-state index contributed by atoms with van der Waals surface area (Å²) in [6.45, 7) is 7.42. The topological polar surface area (TPSA) is 181 Å². The van der Waals surface area contributed by atoms with Crippen LogP contribution in [0.5, 0.6) is 5.88 Å². The molecule has 0 spiro atoms. The van der Waals surface area contributed by atoms with E-state index in [0.717, 1.165) is 4.88 Å². The smallest absolute Gasteiger partial charge is 0.434 e. The van der Waals surface area contributed by atoms with Gasteiger partial charge in [-0.1, -0.05) is 38.1 Å². The van der Waals surface area contributed by atoms with Crippen LogP contribution in [0.25, 0.3) is 21.6 Å². The van der Waals surface area contributed by atoms with Crippen molar-refractivity contribution >= 4 is 46.2 Å². The van der Waals surface area contributed by atoms with Crippen molar-refractivity contribution in [2.75, 3.05) is 20.3 Å². The van der Waals surface area contributed by atoms with Crippen LogP contribution in [-0.4, -0.2) is 104 Å². The lowest BCUT2D eigenvalue weighted by molar-refractivity contribution is -0.166. The van der Waals surface area contributed by atoms with Crippen LogP contribution >= 0.6 is 11.3 Å². The van der Waals surface area contributed by atoms with Gasteiger partial charge in [-0.05, 0) is 54.7 Å². The minimum Gasteiger partial charge on any atom is -0.479 e. The summed E-state index contributed by atoms with van der Waals surface area (Å²) in [7, 11) is 1.59. The van der Waals surface area contributed by atoms with Gasteiger partial charge < -0.3 is 29.5 Å². The quantitative estimate of drug-likeness (QED) is 0.132. The number of aliphatic carboxylic acids is 1. The van der Waals surface area contributed by atoms with E-state index < -0.39 is 65.5 Å². The number of thiophene rings is 1. The summed E-state index contributed by atoms with van der Waals surface area (Å²) in [5.74, 6) is -3.26. The Labute approximate surface area is 293 Å². The molecule has 3 heterocycles. The standard InChI is InChI=1S/C35H41N5O9S/c1-5-21-16-35(21,33(43)44)38-30(41)26-15-23(48-31-28(27-11-8-12-50-27)36-24-9-6-7-10-25(24)37-31)17-39(26)32(42)29(19(2)3)40(46)34(45)49-22-13-20(14-22)18-47-4/h5-12,19-23,26,29,46H,1,13-18H2,2-4H3,(H,38,41)(H,43,44)/t20?,21-,22?,23-,26+,29?,35?/m1/s1. The number of amides is 3. The van der Waals surface area contributed by atoms with E-state index in [9.17, 15) is 29.5 Å². The zero-order valence-electron chi connectivity index (χ0n) is 28.1. The number of fused-ring (bicyclic) bond motifs is 1. The van der Waals surface area contributed by atoms with Gasteiger partial charge in [0.15, 0.2) is 0 Å². The van der Waals surface area contributed by atoms with Crippen LogP contribution in [0.4, 0.5) is 4.79 Å². The van der Waals surface area contributed by atoms with Gasteiger partial charge in [-0.2, -0.15) is 5.06 Å². The van der Waals surface area contributed by atoms with Gasteiger partial charge in [0.1, 0.15) is 35.5 Å². The Morgan fingerprint density at radius 2 is 1.84 bits per heavy atom. The van der Waals surface area contributed by atoms with E-state index in [-0.39, 0.29) is 36.2 Å². The maximum absolute atomic E-state index is 14.3. The molecule has 3 aliphatic rings. The van der Waals surface area contributed by atoms with Crippen LogP contribution in [0, 0.1) is 17.8 Å². The molecule has 1 aliphatic heterocycles. The Morgan fingerprint density at radius 1 is 1.12 bits per heavy atom. The number of hydrogen-bond donors (Lipinski definition) is 3. The number of ether oxygens (including phenoxy) is 3. The molecule has 6 rings (SSSR count). The minimum atomic E-state index is -1.55. The third kappa shape index (κ3) is 6.89. The normalized spacial score (nSPS) is 26.2. The summed E-state index contributed by atoms with van der Waals surface area (Å²) in [6.07, 6.45) is 0.486. The van der Waals surface area contributed by atoms with Gasteiger partial charge in [0.05, 0.1) is 22.5 Å². The molecule has 15 heteroatoms. The van der Waals surface area contributed by atoms with E-state index in [1.807, 2.05) is 35.7 Å². The Kier molecular flexibility index (Phi) is 10.1. The van der Waals surface area contributed by atoms with Gasteiger partial charge in [0.2, 0.25) is 17.7 Å². The van der Waals surface area contributed by atoms with E-state index in [4.69, 9.17) is 24.2 Å². The summed E-state index contributed by atoms with van der Waals surface area (Å²) in [5, 5.41) is 25.9. The van der Waals surface area contributed by atoms with Gasteiger partial charge in [-0.3, -0.25) is 14.8 Å². The van der Waals surface area contributed by atoms with Crippen molar-refractivity contribution in [3.63, 3.8) is 0 Å². The fraction of sp³-hybridized carbons (Fsp3) is 0.486. The first-order valence-electron chi connectivity index (χ1n) is 16.6. The molecular weight excluding hydrogens is 666 g/mol. The molecule has 2 aromatic heterocycles. The van der Waals surface area contributed by atoms with Crippen molar-refractivity contribution < 1.29 is 43.7 Å². The lowest BCUT2D eigenvalue weighted by atomic mass is 9.83. The predicted octanol–water partition coefficient (Wildman–Crippen LogP) is 4.13. The van der Waals surface area contributed by atoms with Crippen molar-refractivity contribution in [3.8, 4) is 16.5 Å². The number of nitrogens with zero attached hydrogens (tertiary/aromatic N) is 4. The number of carboxylic acids is 1. The number of likely N-dealkylation sites (tertiary alicyclic amines) is 1. The largest absolute Gasteiger partial charge is 0.479 e. The second-order valence-corrected chi connectivity index (χ2v) is 14.4. The Bertz CT molecular complexity index is 1760. The first-order valence-corrected chi connectivity index (χ1v) is 17.5. The molecule has 2 saturated carbocycles. The molecule has 5 atom stereocenters. The summed E-state index contributed by atoms with van der Waals surface area (Å²) in [6, 6.07) is 8.48. The van der Waals surface area contributed by atoms with Crippen LogP contribution in [0.3, 0.4) is 0 Å². The number of carbonyl (C=O) groups is 4. The monoisotopic (exact) mass is 707 g/mol. The molecule has 0 bridgehead atoms. The maximum Gasteiger partial charge on any atom is 0.434 e. The van der Waals surface area contributed by atoms with Gasteiger partial charge in [-0.25, -0.2) is 19.6 Å². The minimum absolute atomic E-state index is 0.0198. The molecule has 3 amide bonds. The molecule has 266 valence electrons. The first kappa shape index (κ1) is 35.2. The molecule has 3 aromatic rings. The van der Waals surface area contributed by atoms with Crippen LogP contribution < -0.4 is 10.1 Å². The lowest BCUT2D eigenvalue weighted by Gasteiger charge is -2.37.